The number of nitrogen functional groups attached to an aromatic ring is 1. The molecule has 0 spiro atoms. The number of amides is 1. The lowest BCUT2D eigenvalue weighted by molar-refractivity contribution is -0.144. The maximum Gasteiger partial charge on any atom is 0.310 e. The van der Waals surface area contributed by atoms with Crippen molar-refractivity contribution in [2.45, 2.75) is 6.42 Å². The van der Waals surface area contributed by atoms with Crippen LogP contribution in [0.15, 0.2) is 18.2 Å². The van der Waals surface area contributed by atoms with Gasteiger partial charge >= 0.3 is 5.97 Å². The van der Waals surface area contributed by atoms with Gasteiger partial charge in [0.15, 0.2) is 0 Å². The molecular formula is C14H18N2O4. The number of rotatable bonds is 3. The molecule has 108 valence electrons. The lowest BCUT2D eigenvalue weighted by Gasteiger charge is -2.18. The van der Waals surface area contributed by atoms with Crippen molar-refractivity contribution in [1.82, 2.24) is 4.90 Å². The van der Waals surface area contributed by atoms with Crippen molar-refractivity contribution in [3.8, 4) is 5.75 Å². The number of likely N-dealkylation sites (tertiary alicyclic amines) is 1. The first-order valence-electron chi connectivity index (χ1n) is 6.37. The minimum Gasteiger partial charge on any atom is -0.496 e. The van der Waals surface area contributed by atoms with Crippen molar-refractivity contribution >= 4 is 17.6 Å². The third-order valence-electron chi connectivity index (χ3n) is 3.47. The Balaban J connectivity index is 2.15. The molecule has 20 heavy (non-hydrogen) atoms. The van der Waals surface area contributed by atoms with Crippen LogP contribution >= 0.6 is 0 Å². The second-order valence-corrected chi connectivity index (χ2v) is 4.72. The Morgan fingerprint density at radius 3 is 2.75 bits per heavy atom. The Morgan fingerprint density at radius 1 is 1.35 bits per heavy atom. The number of hydrogen-bond donors (Lipinski definition) is 1. The highest BCUT2D eigenvalue weighted by Crippen LogP contribution is 2.26. The van der Waals surface area contributed by atoms with Crippen LogP contribution in [0.4, 0.5) is 5.69 Å². The van der Waals surface area contributed by atoms with Crippen LogP contribution in [-0.2, 0) is 9.53 Å². The molecule has 1 fully saturated rings. The number of hydrogen-bond acceptors (Lipinski definition) is 5. The lowest BCUT2D eigenvalue weighted by Crippen LogP contribution is -2.30. The number of nitrogens with two attached hydrogens (primary N) is 1. The van der Waals surface area contributed by atoms with Gasteiger partial charge in [0.2, 0.25) is 0 Å². The molecule has 1 aromatic carbocycles. The Morgan fingerprint density at radius 2 is 2.10 bits per heavy atom. The van der Waals surface area contributed by atoms with Gasteiger partial charge in [0.1, 0.15) is 5.75 Å². The van der Waals surface area contributed by atoms with Crippen molar-refractivity contribution in [3.05, 3.63) is 23.8 Å². The first-order chi connectivity index (χ1) is 9.56. The standard InChI is InChI=1S/C14H18N2O4/c1-19-12-7-10(15)3-4-11(12)13(17)16-6-5-9(8-16)14(18)20-2/h3-4,7,9H,5-6,8,15H2,1-2H3. The summed E-state index contributed by atoms with van der Waals surface area (Å²) in [7, 11) is 2.85. The van der Waals surface area contributed by atoms with Gasteiger partial charge in [0.05, 0.1) is 25.7 Å². The fourth-order valence-corrected chi connectivity index (χ4v) is 2.36. The normalized spacial score (nSPS) is 17.9. The van der Waals surface area contributed by atoms with Gasteiger partial charge in [0, 0.05) is 24.8 Å². The van der Waals surface area contributed by atoms with Crippen molar-refractivity contribution in [1.29, 1.82) is 0 Å². The van der Waals surface area contributed by atoms with E-state index in [0.717, 1.165) is 0 Å². The van der Waals surface area contributed by atoms with Gasteiger partial charge in [-0.05, 0) is 18.6 Å². The van der Waals surface area contributed by atoms with Crippen molar-refractivity contribution < 1.29 is 19.1 Å². The van der Waals surface area contributed by atoms with Crippen molar-refractivity contribution in [2.24, 2.45) is 5.92 Å². The molecule has 6 heteroatoms. The van der Waals surface area contributed by atoms with Crippen LogP contribution in [-0.4, -0.2) is 44.1 Å². The molecule has 0 radical (unpaired) electrons. The lowest BCUT2D eigenvalue weighted by atomic mass is 10.1. The fourth-order valence-electron chi connectivity index (χ4n) is 2.36. The van der Waals surface area contributed by atoms with E-state index in [4.69, 9.17) is 15.2 Å². The summed E-state index contributed by atoms with van der Waals surface area (Å²) in [6.07, 6.45) is 0.621. The Bertz CT molecular complexity index is 530. The minimum absolute atomic E-state index is 0.159. The molecule has 1 saturated heterocycles. The molecule has 0 aliphatic carbocycles. The van der Waals surface area contributed by atoms with Crippen LogP contribution in [0, 0.1) is 5.92 Å². The average Bonchev–Trinajstić information content (AvgIpc) is 2.95. The minimum atomic E-state index is -0.274. The van der Waals surface area contributed by atoms with E-state index in [-0.39, 0.29) is 17.8 Å². The molecule has 1 amide bonds. The highest BCUT2D eigenvalue weighted by Gasteiger charge is 2.32. The van der Waals surface area contributed by atoms with Crippen molar-refractivity contribution in [3.63, 3.8) is 0 Å². The van der Waals surface area contributed by atoms with E-state index >= 15 is 0 Å². The molecule has 1 aliphatic heterocycles. The van der Waals surface area contributed by atoms with Gasteiger partial charge in [0.25, 0.3) is 5.91 Å². The molecule has 0 aromatic heterocycles. The van der Waals surface area contributed by atoms with Crippen LogP contribution in [0.3, 0.4) is 0 Å². The van der Waals surface area contributed by atoms with E-state index in [2.05, 4.69) is 0 Å². The Hall–Kier alpha value is -2.24. The van der Waals surface area contributed by atoms with Crippen LogP contribution < -0.4 is 10.5 Å². The van der Waals surface area contributed by atoms with Gasteiger partial charge in [-0.25, -0.2) is 0 Å². The van der Waals surface area contributed by atoms with Gasteiger partial charge < -0.3 is 20.1 Å². The summed E-state index contributed by atoms with van der Waals surface area (Å²) in [6, 6.07) is 4.91. The molecule has 1 heterocycles. The molecule has 0 saturated carbocycles. The van der Waals surface area contributed by atoms with E-state index < -0.39 is 0 Å². The SMILES string of the molecule is COC(=O)C1CCN(C(=O)c2ccc(N)cc2OC)C1. The second-order valence-electron chi connectivity index (χ2n) is 4.72. The van der Waals surface area contributed by atoms with E-state index in [0.29, 0.717) is 36.5 Å². The summed E-state index contributed by atoms with van der Waals surface area (Å²) in [6.45, 7) is 0.908. The average molecular weight is 278 g/mol. The second kappa shape index (κ2) is 5.81. The number of ether oxygens (including phenoxy) is 2. The zero-order valence-electron chi connectivity index (χ0n) is 11.6. The molecule has 2 rings (SSSR count). The summed E-state index contributed by atoms with van der Waals surface area (Å²) in [5.74, 6) is -0.238. The predicted molar refractivity (Wildman–Crippen MR) is 73.4 cm³/mol. The zero-order chi connectivity index (χ0) is 14.7. The zero-order valence-corrected chi connectivity index (χ0v) is 11.6. The highest BCUT2D eigenvalue weighted by molar-refractivity contribution is 5.98. The molecule has 1 aliphatic rings. The first-order valence-corrected chi connectivity index (χ1v) is 6.37. The Kier molecular flexibility index (Phi) is 4.12. The highest BCUT2D eigenvalue weighted by atomic mass is 16.5. The number of nitrogens with zero attached hydrogens (tertiary/aromatic N) is 1. The van der Waals surface area contributed by atoms with Gasteiger partial charge in [-0.15, -0.1) is 0 Å². The summed E-state index contributed by atoms with van der Waals surface area (Å²) >= 11 is 0. The molecular weight excluding hydrogens is 260 g/mol. The number of carbonyl (C=O) groups is 2. The van der Waals surface area contributed by atoms with Crippen molar-refractivity contribution in [2.75, 3.05) is 33.0 Å². The fraction of sp³-hybridized carbons (Fsp3) is 0.429. The summed E-state index contributed by atoms with van der Waals surface area (Å²) in [4.78, 5) is 25.6. The van der Waals surface area contributed by atoms with E-state index in [1.807, 2.05) is 0 Å². The molecule has 6 nitrogen and oxygen atoms in total. The topological polar surface area (TPSA) is 81.9 Å². The number of carbonyl (C=O) groups excluding carboxylic acids is 2. The van der Waals surface area contributed by atoms with Crippen LogP contribution in [0.2, 0.25) is 0 Å². The van der Waals surface area contributed by atoms with Crippen LogP contribution in [0.1, 0.15) is 16.8 Å². The van der Waals surface area contributed by atoms with Gasteiger partial charge in [-0.2, -0.15) is 0 Å². The number of anilines is 1. The summed E-state index contributed by atoms with van der Waals surface area (Å²) in [5.41, 5.74) is 6.66. The quantitative estimate of drug-likeness (QED) is 0.656. The third kappa shape index (κ3) is 2.68. The molecule has 0 bridgehead atoms. The van der Waals surface area contributed by atoms with Crippen LogP contribution in [0.5, 0.6) is 5.75 Å². The monoisotopic (exact) mass is 278 g/mol. The maximum atomic E-state index is 12.4. The third-order valence-corrected chi connectivity index (χ3v) is 3.47. The molecule has 2 N–H and O–H groups in total. The Labute approximate surface area is 117 Å². The molecule has 1 aromatic rings. The van der Waals surface area contributed by atoms with Crippen LogP contribution in [0.25, 0.3) is 0 Å². The maximum absolute atomic E-state index is 12.4. The predicted octanol–water partition coefficient (Wildman–Crippen LogP) is 0.912. The number of methoxy groups -OCH3 is 2. The smallest absolute Gasteiger partial charge is 0.310 e. The number of esters is 1. The molecule has 1 unspecified atom stereocenters. The molecule has 1 atom stereocenters. The van der Waals surface area contributed by atoms with E-state index in [9.17, 15) is 9.59 Å². The number of benzene rings is 1. The van der Waals surface area contributed by atoms with E-state index in [1.165, 1.54) is 14.2 Å². The summed E-state index contributed by atoms with van der Waals surface area (Å²) in [5, 5.41) is 0. The first kappa shape index (κ1) is 14.2. The summed E-state index contributed by atoms with van der Waals surface area (Å²) < 4.78 is 9.89. The van der Waals surface area contributed by atoms with E-state index in [1.54, 1.807) is 23.1 Å². The largest absolute Gasteiger partial charge is 0.496 e. The van der Waals surface area contributed by atoms with Gasteiger partial charge in [-0.3, -0.25) is 9.59 Å². The van der Waals surface area contributed by atoms with Gasteiger partial charge in [-0.1, -0.05) is 0 Å².